The average molecular weight is 304 g/mol. The zero-order valence-corrected chi connectivity index (χ0v) is 11.4. The van der Waals surface area contributed by atoms with E-state index < -0.39 is 30.7 Å². The Bertz CT molecular complexity index is 627. The highest BCUT2D eigenvalue weighted by atomic mass is 19.3. The standard InChI is InChI=1S/C14H16F4N2O/c1-8(20-6-14(17,18)7-21)2-9-5-19-13-4-12(16)11(15)3-10(9)13/h3-5,8,19-21H,2,6-7H2,1H3. The van der Waals surface area contributed by atoms with E-state index in [1.807, 2.05) is 0 Å². The summed E-state index contributed by atoms with van der Waals surface area (Å²) in [5.41, 5.74) is 1.16. The zero-order valence-electron chi connectivity index (χ0n) is 11.4. The van der Waals surface area contributed by atoms with Gasteiger partial charge in [0.25, 0.3) is 5.92 Å². The van der Waals surface area contributed by atoms with E-state index in [0.29, 0.717) is 22.9 Å². The van der Waals surface area contributed by atoms with Crippen LogP contribution < -0.4 is 5.32 Å². The number of alkyl halides is 2. The minimum Gasteiger partial charge on any atom is -0.390 e. The van der Waals surface area contributed by atoms with Crippen molar-refractivity contribution in [3.8, 4) is 0 Å². The number of aromatic nitrogens is 1. The normalized spacial score (nSPS) is 13.8. The van der Waals surface area contributed by atoms with Gasteiger partial charge in [-0.3, -0.25) is 0 Å². The number of fused-ring (bicyclic) bond motifs is 1. The van der Waals surface area contributed by atoms with Crippen LogP contribution in [-0.4, -0.2) is 35.2 Å². The molecule has 0 aliphatic heterocycles. The second kappa shape index (κ2) is 6.03. The highest BCUT2D eigenvalue weighted by Crippen LogP contribution is 2.22. The fraction of sp³-hybridized carbons (Fsp3) is 0.429. The summed E-state index contributed by atoms with van der Waals surface area (Å²) >= 11 is 0. The van der Waals surface area contributed by atoms with Crippen molar-refractivity contribution in [1.29, 1.82) is 0 Å². The first-order valence-corrected chi connectivity index (χ1v) is 6.49. The van der Waals surface area contributed by atoms with Crippen molar-refractivity contribution in [3.63, 3.8) is 0 Å². The third-order valence-corrected chi connectivity index (χ3v) is 3.27. The van der Waals surface area contributed by atoms with E-state index in [1.165, 1.54) is 0 Å². The smallest absolute Gasteiger partial charge is 0.282 e. The predicted molar refractivity (Wildman–Crippen MR) is 71.4 cm³/mol. The van der Waals surface area contributed by atoms with Crippen molar-refractivity contribution in [2.45, 2.75) is 25.3 Å². The number of aliphatic hydroxyl groups excluding tert-OH is 1. The van der Waals surface area contributed by atoms with Crippen LogP contribution in [0.25, 0.3) is 10.9 Å². The maximum Gasteiger partial charge on any atom is 0.282 e. The molecular formula is C14H16F4N2O. The van der Waals surface area contributed by atoms with E-state index in [0.717, 1.165) is 12.1 Å². The lowest BCUT2D eigenvalue weighted by Crippen LogP contribution is -2.40. The molecule has 1 aromatic heterocycles. The summed E-state index contributed by atoms with van der Waals surface area (Å²) in [5, 5.41) is 11.6. The van der Waals surface area contributed by atoms with Crippen molar-refractivity contribution in [2.75, 3.05) is 13.2 Å². The maximum absolute atomic E-state index is 13.3. The molecule has 2 aromatic rings. The molecule has 1 atom stereocenters. The van der Waals surface area contributed by atoms with E-state index in [-0.39, 0.29) is 6.04 Å². The van der Waals surface area contributed by atoms with Crippen LogP contribution in [0.3, 0.4) is 0 Å². The third kappa shape index (κ3) is 3.74. The van der Waals surface area contributed by atoms with Gasteiger partial charge in [0.05, 0.1) is 6.54 Å². The summed E-state index contributed by atoms with van der Waals surface area (Å²) < 4.78 is 52.2. The Kier molecular flexibility index (Phi) is 4.53. The molecule has 0 saturated carbocycles. The van der Waals surface area contributed by atoms with Crippen molar-refractivity contribution in [3.05, 3.63) is 35.5 Å². The van der Waals surface area contributed by atoms with Crippen LogP contribution in [0, 0.1) is 11.6 Å². The zero-order chi connectivity index (χ0) is 15.6. The van der Waals surface area contributed by atoms with Gasteiger partial charge in [0.2, 0.25) is 0 Å². The molecule has 21 heavy (non-hydrogen) atoms. The molecule has 116 valence electrons. The average Bonchev–Trinajstić information content (AvgIpc) is 2.80. The van der Waals surface area contributed by atoms with Crippen LogP contribution in [0.4, 0.5) is 17.6 Å². The number of aliphatic hydroxyl groups is 1. The Morgan fingerprint density at radius 2 is 1.95 bits per heavy atom. The van der Waals surface area contributed by atoms with Crippen LogP contribution in [0.1, 0.15) is 12.5 Å². The van der Waals surface area contributed by atoms with Gasteiger partial charge < -0.3 is 15.4 Å². The quantitative estimate of drug-likeness (QED) is 0.719. The first kappa shape index (κ1) is 15.8. The van der Waals surface area contributed by atoms with Crippen molar-refractivity contribution in [2.24, 2.45) is 0 Å². The van der Waals surface area contributed by atoms with Gasteiger partial charge in [0.15, 0.2) is 11.6 Å². The highest BCUT2D eigenvalue weighted by molar-refractivity contribution is 5.83. The number of nitrogens with one attached hydrogen (secondary N) is 2. The largest absolute Gasteiger partial charge is 0.390 e. The van der Waals surface area contributed by atoms with Gasteiger partial charge in [-0.25, -0.2) is 17.6 Å². The number of halogens is 4. The molecule has 1 aromatic carbocycles. The second-order valence-electron chi connectivity index (χ2n) is 5.13. The Labute approximate surface area is 119 Å². The van der Waals surface area contributed by atoms with Gasteiger partial charge in [-0.15, -0.1) is 0 Å². The minimum absolute atomic E-state index is 0.311. The van der Waals surface area contributed by atoms with Gasteiger partial charge in [0.1, 0.15) is 6.61 Å². The molecular weight excluding hydrogens is 288 g/mol. The van der Waals surface area contributed by atoms with Crippen LogP contribution in [0.2, 0.25) is 0 Å². The topological polar surface area (TPSA) is 48.0 Å². The first-order valence-electron chi connectivity index (χ1n) is 6.49. The first-order chi connectivity index (χ1) is 9.82. The Morgan fingerprint density at radius 1 is 1.29 bits per heavy atom. The van der Waals surface area contributed by atoms with E-state index in [9.17, 15) is 17.6 Å². The van der Waals surface area contributed by atoms with E-state index in [4.69, 9.17) is 5.11 Å². The summed E-state index contributed by atoms with van der Waals surface area (Å²) in [7, 11) is 0. The van der Waals surface area contributed by atoms with Gasteiger partial charge in [-0.2, -0.15) is 0 Å². The molecule has 0 saturated heterocycles. The predicted octanol–water partition coefficient (Wildman–Crippen LogP) is 2.59. The maximum atomic E-state index is 13.3. The SMILES string of the molecule is CC(Cc1c[nH]c2cc(F)c(F)cc12)NCC(F)(F)CO. The van der Waals surface area contributed by atoms with Crippen LogP contribution in [0.5, 0.6) is 0 Å². The van der Waals surface area contributed by atoms with Crippen LogP contribution in [-0.2, 0) is 6.42 Å². The van der Waals surface area contributed by atoms with E-state index in [1.54, 1.807) is 13.1 Å². The minimum atomic E-state index is -3.18. The summed E-state index contributed by atoms with van der Waals surface area (Å²) in [5.74, 6) is -5.07. The molecule has 0 amide bonds. The Hall–Kier alpha value is -1.60. The molecule has 0 spiro atoms. The van der Waals surface area contributed by atoms with Crippen molar-refractivity contribution < 1.29 is 22.7 Å². The highest BCUT2D eigenvalue weighted by Gasteiger charge is 2.27. The Balaban J connectivity index is 2.08. The molecule has 0 fully saturated rings. The van der Waals surface area contributed by atoms with Crippen molar-refractivity contribution in [1.82, 2.24) is 10.3 Å². The third-order valence-electron chi connectivity index (χ3n) is 3.27. The monoisotopic (exact) mass is 304 g/mol. The summed E-state index contributed by atoms with van der Waals surface area (Å²) in [6, 6.07) is 1.84. The lowest BCUT2D eigenvalue weighted by atomic mass is 10.1. The van der Waals surface area contributed by atoms with Crippen molar-refractivity contribution >= 4 is 10.9 Å². The number of H-pyrrole nitrogens is 1. The molecule has 0 aliphatic carbocycles. The number of hydrogen-bond acceptors (Lipinski definition) is 2. The van der Waals surface area contributed by atoms with E-state index in [2.05, 4.69) is 10.3 Å². The van der Waals surface area contributed by atoms with Gasteiger partial charge >= 0.3 is 0 Å². The fourth-order valence-electron chi connectivity index (χ4n) is 2.12. The molecule has 3 N–H and O–H groups in total. The summed E-state index contributed by atoms with van der Waals surface area (Å²) in [6.07, 6.45) is 1.97. The van der Waals surface area contributed by atoms with E-state index >= 15 is 0 Å². The molecule has 0 bridgehead atoms. The summed E-state index contributed by atoms with van der Waals surface area (Å²) in [4.78, 5) is 2.82. The molecule has 0 radical (unpaired) electrons. The van der Waals surface area contributed by atoms with Gasteiger partial charge in [-0.1, -0.05) is 0 Å². The number of hydrogen-bond donors (Lipinski definition) is 3. The van der Waals surface area contributed by atoms with Gasteiger partial charge in [-0.05, 0) is 25.0 Å². The molecule has 7 heteroatoms. The lowest BCUT2D eigenvalue weighted by molar-refractivity contribution is -0.0490. The molecule has 3 nitrogen and oxygen atoms in total. The molecule has 0 aliphatic rings. The molecule has 2 rings (SSSR count). The fourth-order valence-corrected chi connectivity index (χ4v) is 2.12. The lowest BCUT2D eigenvalue weighted by Gasteiger charge is -2.18. The number of rotatable bonds is 6. The van der Waals surface area contributed by atoms with Gasteiger partial charge in [0, 0.05) is 29.2 Å². The molecule has 1 unspecified atom stereocenters. The molecule has 1 heterocycles. The number of benzene rings is 1. The number of aromatic amines is 1. The summed E-state index contributed by atoms with van der Waals surface area (Å²) in [6.45, 7) is -0.160. The second-order valence-corrected chi connectivity index (χ2v) is 5.13. The van der Waals surface area contributed by atoms with Crippen LogP contribution >= 0.6 is 0 Å². The Morgan fingerprint density at radius 3 is 2.62 bits per heavy atom. The van der Waals surface area contributed by atoms with Crippen LogP contribution in [0.15, 0.2) is 18.3 Å².